The first-order valence-electron chi connectivity index (χ1n) is 8.80. The van der Waals surface area contributed by atoms with Gasteiger partial charge in [0.05, 0.1) is 6.61 Å². The SMILES string of the molecule is CCCCOC(=O)N(C)[C@@H](Cc1ccccc1)C(=O)NCCCSC. The van der Waals surface area contributed by atoms with Crippen LogP contribution in [0.15, 0.2) is 30.3 Å². The lowest BCUT2D eigenvalue weighted by molar-refractivity contribution is -0.125. The number of unbranched alkanes of at least 4 members (excludes halogenated alkanes) is 1. The van der Waals surface area contributed by atoms with E-state index in [9.17, 15) is 9.59 Å². The van der Waals surface area contributed by atoms with Gasteiger partial charge in [-0.1, -0.05) is 43.7 Å². The second kappa shape index (κ2) is 12.6. The van der Waals surface area contributed by atoms with Gasteiger partial charge in [0.15, 0.2) is 0 Å². The van der Waals surface area contributed by atoms with E-state index in [0.717, 1.165) is 30.6 Å². The summed E-state index contributed by atoms with van der Waals surface area (Å²) in [6, 6.07) is 9.15. The maximum Gasteiger partial charge on any atom is 0.410 e. The van der Waals surface area contributed by atoms with Crippen molar-refractivity contribution in [2.75, 3.05) is 32.2 Å². The first-order chi connectivity index (χ1) is 12.1. The Bertz CT molecular complexity index is 511. The van der Waals surface area contributed by atoms with Crippen molar-refractivity contribution >= 4 is 23.8 Å². The molecular weight excluding hydrogens is 336 g/mol. The molecule has 0 saturated heterocycles. The highest BCUT2D eigenvalue weighted by Crippen LogP contribution is 2.10. The van der Waals surface area contributed by atoms with Crippen molar-refractivity contribution in [3.63, 3.8) is 0 Å². The van der Waals surface area contributed by atoms with Crippen molar-refractivity contribution in [3.05, 3.63) is 35.9 Å². The molecule has 25 heavy (non-hydrogen) atoms. The van der Waals surface area contributed by atoms with E-state index in [-0.39, 0.29) is 5.91 Å². The average molecular weight is 367 g/mol. The summed E-state index contributed by atoms with van der Waals surface area (Å²) in [4.78, 5) is 26.3. The van der Waals surface area contributed by atoms with E-state index in [1.807, 2.05) is 43.5 Å². The number of rotatable bonds is 11. The molecule has 1 aromatic rings. The van der Waals surface area contributed by atoms with E-state index in [2.05, 4.69) is 5.32 Å². The van der Waals surface area contributed by atoms with Gasteiger partial charge in [-0.05, 0) is 30.4 Å². The summed E-state index contributed by atoms with van der Waals surface area (Å²) in [6.45, 7) is 3.04. The summed E-state index contributed by atoms with van der Waals surface area (Å²) < 4.78 is 5.26. The summed E-state index contributed by atoms with van der Waals surface area (Å²) in [5.74, 6) is 0.860. The van der Waals surface area contributed by atoms with E-state index in [1.54, 1.807) is 18.8 Å². The van der Waals surface area contributed by atoms with Gasteiger partial charge >= 0.3 is 6.09 Å². The highest BCUT2D eigenvalue weighted by Gasteiger charge is 2.27. The van der Waals surface area contributed by atoms with Crippen LogP contribution in [0.1, 0.15) is 31.7 Å². The van der Waals surface area contributed by atoms with Crippen LogP contribution in [0.3, 0.4) is 0 Å². The molecule has 0 aliphatic rings. The Hall–Kier alpha value is -1.69. The Balaban J connectivity index is 2.72. The van der Waals surface area contributed by atoms with Gasteiger partial charge in [0.1, 0.15) is 6.04 Å². The highest BCUT2D eigenvalue weighted by atomic mass is 32.2. The molecule has 140 valence electrons. The van der Waals surface area contributed by atoms with Crippen molar-refractivity contribution < 1.29 is 14.3 Å². The van der Waals surface area contributed by atoms with Crippen LogP contribution in [-0.2, 0) is 16.0 Å². The van der Waals surface area contributed by atoms with Crippen LogP contribution in [0.4, 0.5) is 4.79 Å². The summed E-state index contributed by atoms with van der Waals surface area (Å²) in [5.41, 5.74) is 1.01. The number of nitrogens with zero attached hydrogens (tertiary/aromatic N) is 1. The molecule has 0 fully saturated rings. The summed E-state index contributed by atoms with van der Waals surface area (Å²) in [6.07, 6.45) is 4.75. The number of carbonyl (C=O) groups is 2. The molecule has 0 spiro atoms. The molecule has 0 heterocycles. The summed E-state index contributed by atoms with van der Waals surface area (Å²) >= 11 is 1.75. The second-order valence-corrected chi connectivity index (χ2v) is 6.91. The lowest BCUT2D eigenvalue weighted by atomic mass is 10.0. The van der Waals surface area contributed by atoms with Crippen LogP contribution in [0, 0.1) is 0 Å². The maximum absolute atomic E-state index is 12.6. The quantitative estimate of drug-likeness (QED) is 0.610. The van der Waals surface area contributed by atoms with Gasteiger partial charge in [-0.2, -0.15) is 11.8 Å². The minimum Gasteiger partial charge on any atom is -0.449 e. The fourth-order valence-electron chi connectivity index (χ4n) is 2.32. The van der Waals surface area contributed by atoms with Crippen LogP contribution in [0.2, 0.25) is 0 Å². The molecule has 0 aromatic heterocycles. The molecule has 6 heteroatoms. The molecule has 0 aliphatic heterocycles. The molecule has 0 unspecified atom stereocenters. The molecule has 0 aliphatic carbocycles. The van der Waals surface area contributed by atoms with Crippen LogP contribution in [0.25, 0.3) is 0 Å². The van der Waals surface area contributed by atoms with Crippen molar-refractivity contribution in [2.24, 2.45) is 0 Å². The third-order valence-corrected chi connectivity index (χ3v) is 4.57. The Morgan fingerprint density at radius 2 is 1.96 bits per heavy atom. The Morgan fingerprint density at radius 1 is 1.24 bits per heavy atom. The zero-order valence-electron chi connectivity index (χ0n) is 15.5. The number of benzene rings is 1. The maximum atomic E-state index is 12.6. The topological polar surface area (TPSA) is 58.6 Å². The normalized spacial score (nSPS) is 11.6. The number of likely N-dealkylation sites (N-methyl/N-ethyl adjacent to an activating group) is 1. The van der Waals surface area contributed by atoms with E-state index in [0.29, 0.717) is 19.6 Å². The fourth-order valence-corrected chi connectivity index (χ4v) is 2.75. The minimum absolute atomic E-state index is 0.139. The van der Waals surface area contributed by atoms with Gasteiger partial charge in [0, 0.05) is 20.0 Å². The predicted octanol–water partition coefficient (Wildman–Crippen LogP) is 3.34. The monoisotopic (exact) mass is 366 g/mol. The van der Waals surface area contributed by atoms with Gasteiger partial charge in [0.25, 0.3) is 0 Å². The molecule has 2 amide bonds. The molecule has 0 saturated carbocycles. The Labute approximate surface area is 155 Å². The largest absolute Gasteiger partial charge is 0.449 e. The van der Waals surface area contributed by atoms with Crippen LogP contribution >= 0.6 is 11.8 Å². The third kappa shape index (κ3) is 8.29. The van der Waals surface area contributed by atoms with Gasteiger partial charge < -0.3 is 10.1 Å². The number of thioether (sulfide) groups is 1. The number of carbonyl (C=O) groups excluding carboxylic acids is 2. The highest BCUT2D eigenvalue weighted by molar-refractivity contribution is 7.98. The van der Waals surface area contributed by atoms with Gasteiger partial charge in [0.2, 0.25) is 5.91 Å². The standard InChI is InChI=1S/C19H30N2O3S/c1-4-5-13-24-19(23)21(2)17(15-16-10-7-6-8-11-16)18(22)20-12-9-14-25-3/h6-8,10-11,17H,4-5,9,12-15H2,1-3H3,(H,20,22)/t17-/m0/s1. The van der Waals surface area contributed by atoms with E-state index in [1.165, 1.54) is 4.90 Å². The average Bonchev–Trinajstić information content (AvgIpc) is 2.63. The number of hydrogen-bond donors (Lipinski definition) is 1. The van der Waals surface area contributed by atoms with Crippen LogP contribution in [0.5, 0.6) is 0 Å². The lowest BCUT2D eigenvalue weighted by Crippen LogP contribution is -2.49. The molecule has 1 rings (SSSR count). The predicted molar refractivity (Wildman–Crippen MR) is 104 cm³/mol. The van der Waals surface area contributed by atoms with Crippen LogP contribution in [-0.4, -0.2) is 55.2 Å². The van der Waals surface area contributed by atoms with Gasteiger partial charge in [-0.25, -0.2) is 4.79 Å². The molecule has 0 radical (unpaired) electrons. The zero-order valence-corrected chi connectivity index (χ0v) is 16.3. The molecule has 1 N–H and O–H groups in total. The minimum atomic E-state index is -0.578. The van der Waals surface area contributed by atoms with Crippen molar-refractivity contribution in [1.82, 2.24) is 10.2 Å². The molecule has 1 atom stereocenters. The summed E-state index contributed by atoms with van der Waals surface area (Å²) in [5, 5.41) is 2.94. The first kappa shape index (κ1) is 21.4. The van der Waals surface area contributed by atoms with Crippen molar-refractivity contribution in [1.29, 1.82) is 0 Å². The molecule has 1 aromatic carbocycles. The molecular formula is C19H30N2O3S. The third-order valence-electron chi connectivity index (χ3n) is 3.88. The number of amides is 2. The lowest BCUT2D eigenvalue weighted by Gasteiger charge is -2.27. The first-order valence-corrected chi connectivity index (χ1v) is 10.2. The molecule has 5 nitrogen and oxygen atoms in total. The fraction of sp³-hybridized carbons (Fsp3) is 0.579. The summed E-state index contributed by atoms with van der Waals surface area (Å²) in [7, 11) is 1.63. The molecule has 0 bridgehead atoms. The number of ether oxygens (including phenoxy) is 1. The Morgan fingerprint density at radius 3 is 2.60 bits per heavy atom. The van der Waals surface area contributed by atoms with E-state index in [4.69, 9.17) is 4.74 Å². The van der Waals surface area contributed by atoms with E-state index >= 15 is 0 Å². The smallest absolute Gasteiger partial charge is 0.410 e. The van der Waals surface area contributed by atoms with Gasteiger partial charge in [-0.3, -0.25) is 9.69 Å². The van der Waals surface area contributed by atoms with E-state index < -0.39 is 12.1 Å². The second-order valence-electron chi connectivity index (χ2n) is 5.92. The van der Waals surface area contributed by atoms with Crippen molar-refractivity contribution in [2.45, 2.75) is 38.6 Å². The van der Waals surface area contributed by atoms with Crippen LogP contribution < -0.4 is 5.32 Å². The van der Waals surface area contributed by atoms with Gasteiger partial charge in [-0.15, -0.1) is 0 Å². The van der Waals surface area contributed by atoms with Crippen molar-refractivity contribution in [3.8, 4) is 0 Å². The number of hydrogen-bond acceptors (Lipinski definition) is 4. The Kier molecular flexibility index (Phi) is 10.8. The zero-order chi connectivity index (χ0) is 18.5. The number of nitrogens with one attached hydrogen (secondary N) is 1.